The van der Waals surface area contributed by atoms with Gasteiger partial charge in [0.2, 0.25) is 0 Å². The molecule has 0 aliphatic heterocycles. The Labute approximate surface area is 339 Å². The molecule has 9 aromatic carbocycles. The van der Waals surface area contributed by atoms with Crippen LogP contribution in [0.2, 0.25) is 0 Å². The van der Waals surface area contributed by atoms with Crippen LogP contribution in [-0.4, -0.2) is 9.13 Å². The number of rotatable bonds is 4. The van der Waals surface area contributed by atoms with E-state index in [0.717, 1.165) is 55.2 Å². The summed E-state index contributed by atoms with van der Waals surface area (Å²) in [6.45, 7) is 0. The normalized spacial score (nSPS) is 11.6. The average Bonchev–Trinajstić information content (AvgIpc) is 3.76. The molecule has 0 aliphatic rings. The number of benzene rings is 9. The SMILES string of the molecule is N#Cc1ccc(-c2c3ccc(-n4c5ccc(F)cc5c5cc(F)ccc54)cc3c(-c3ccc(C#N)cc3)c3ccc(-n4c5ccc(F)cc5c5cc(F)ccc54)cc23)cc1. The van der Waals surface area contributed by atoms with Crippen molar-refractivity contribution in [1.29, 1.82) is 10.5 Å². The maximum Gasteiger partial charge on any atom is 0.123 e. The summed E-state index contributed by atoms with van der Waals surface area (Å²) in [4.78, 5) is 0. The van der Waals surface area contributed by atoms with Gasteiger partial charge in [0.05, 0.1) is 45.3 Å². The zero-order valence-corrected chi connectivity index (χ0v) is 31.3. The van der Waals surface area contributed by atoms with Crippen LogP contribution in [0, 0.1) is 45.9 Å². The van der Waals surface area contributed by atoms with Gasteiger partial charge in [-0.15, -0.1) is 0 Å². The Hall–Kier alpha value is -8.20. The highest BCUT2D eigenvalue weighted by atomic mass is 19.1. The van der Waals surface area contributed by atoms with Crippen molar-refractivity contribution in [1.82, 2.24) is 9.13 Å². The fourth-order valence-electron chi connectivity index (χ4n) is 9.02. The first-order valence-corrected chi connectivity index (χ1v) is 19.1. The van der Waals surface area contributed by atoms with Crippen LogP contribution >= 0.6 is 0 Å². The van der Waals surface area contributed by atoms with Crippen LogP contribution in [0.5, 0.6) is 0 Å². The van der Waals surface area contributed by atoms with Gasteiger partial charge in [0.1, 0.15) is 23.3 Å². The summed E-state index contributed by atoms with van der Waals surface area (Å²) in [7, 11) is 0. The van der Waals surface area contributed by atoms with Gasteiger partial charge in [-0.2, -0.15) is 10.5 Å². The monoisotopic (exact) mass is 782 g/mol. The van der Waals surface area contributed by atoms with Gasteiger partial charge in [-0.05, 0) is 165 Å². The molecular formula is C52H26F4N4. The van der Waals surface area contributed by atoms with E-state index in [0.29, 0.717) is 54.7 Å². The van der Waals surface area contributed by atoms with Crippen molar-refractivity contribution in [2.24, 2.45) is 0 Å². The van der Waals surface area contributed by atoms with E-state index >= 15 is 0 Å². The van der Waals surface area contributed by atoms with Gasteiger partial charge in [-0.3, -0.25) is 0 Å². The number of halogens is 4. The number of aromatic nitrogens is 2. The highest BCUT2D eigenvalue weighted by molar-refractivity contribution is 6.22. The molecule has 0 atom stereocenters. The van der Waals surface area contributed by atoms with Crippen molar-refractivity contribution in [3.8, 4) is 45.8 Å². The van der Waals surface area contributed by atoms with Crippen molar-refractivity contribution in [2.75, 3.05) is 0 Å². The van der Waals surface area contributed by atoms with Gasteiger partial charge in [-0.25, -0.2) is 17.6 Å². The van der Waals surface area contributed by atoms with Crippen LogP contribution in [-0.2, 0) is 0 Å². The fourth-order valence-corrected chi connectivity index (χ4v) is 9.02. The highest BCUT2D eigenvalue weighted by Gasteiger charge is 2.22. The second kappa shape index (κ2) is 13.2. The number of nitrogens with zero attached hydrogens (tertiary/aromatic N) is 4. The Balaban J connectivity index is 1.28. The molecule has 2 heterocycles. The molecule has 0 unspecified atom stereocenters. The standard InChI is InChI=1S/C52H26F4N4/c53-33-9-17-47-41(21-33)42-22-34(54)10-18-48(42)59(47)37-14-16-40-45(25-37)51(31-5-1-29(27-57)2-6-31)39-15-13-38(26-46(39)52(40)32-7-3-30(28-58)4-8-32)60-49-19-11-35(55)23-43(49)44-24-36(56)12-20-50(44)60/h1-26H. The molecular weight excluding hydrogens is 757 g/mol. The molecule has 0 amide bonds. The van der Waals surface area contributed by atoms with Crippen LogP contribution in [0.4, 0.5) is 17.6 Å². The Morgan fingerprint density at radius 2 is 0.633 bits per heavy atom. The lowest BCUT2D eigenvalue weighted by molar-refractivity contribution is 0.628. The molecule has 11 rings (SSSR count). The van der Waals surface area contributed by atoms with E-state index in [-0.39, 0.29) is 0 Å². The first-order chi connectivity index (χ1) is 29.3. The maximum atomic E-state index is 14.7. The molecule has 11 aromatic rings. The van der Waals surface area contributed by atoms with Gasteiger partial charge in [0.15, 0.2) is 0 Å². The van der Waals surface area contributed by atoms with Crippen molar-refractivity contribution in [2.45, 2.75) is 0 Å². The number of hydrogen-bond acceptors (Lipinski definition) is 2. The second-order valence-electron chi connectivity index (χ2n) is 14.9. The third kappa shape index (κ3) is 5.29. The van der Waals surface area contributed by atoms with Gasteiger partial charge in [-0.1, -0.05) is 36.4 Å². The lowest BCUT2D eigenvalue weighted by Crippen LogP contribution is -1.98. The third-order valence-corrected chi connectivity index (χ3v) is 11.6. The third-order valence-electron chi connectivity index (χ3n) is 11.6. The van der Waals surface area contributed by atoms with Gasteiger partial charge in [0, 0.05) is 32.9 Å². The summed E-state index contributed by atoms with van der Waals surface area (Å²) in [5.74, 6) is -1.70. The lowest BCUT2D eigenvalue weighted by Gasteiger charge is -2.20. The van der Waals surface area contributed by atoms with Crippen LogP contribution < -0.4 is 0 Å². The number of hydrogen-bond donors (Lipinski definition) is 0. The minimum Gasteiger partial charge on any atom is -0.309 e. The van der Waals surface area contributed by atoms with Crippen molar-refractivity contribution < 1.29 is 17.6 Å². The van der Waals surface area contributed by atoms with E-state index in [2.05, 4.69) is 24.3 Å². The molecule has 0 radical (unpaired) electrons. The van der Waals surface area contributed by atoms with Gasteiger partial charge in [0.25, 0.3) is 0 Å². The molecule has 4 nitrogen and oxygen atoms in total. The van der Waals surface area contributed by atoms with Crippen LogP contribution in [0.1, 0.15) is 11.1 Å². The zero-order chi connectivity index (χ0) is 40.8. The molecule has 0 spiro atoms. The Bertz CT molecular complexity index is 3350. The molecule has 0 bridgehead atoms. The molecule has 0 fully saturated rings. The first-order valence-electron chi connectivity index (χ1n) is 19.1. The smallest absolute Gasteiger partial charge is 0.123 e. The Kier molecular flexibility index (Phi) is 7.68. The quantitative estimate of drug-likeness (QED) is 0.132. The summed E-state index contributed by atoms with van der Waals surface area (Å²) in [5.41, 5.74) is 8.87. The van der Waals surface area contributed by atoms with Gasteiger partial charge >= 0.3 is 0 Å². The van der Waals surface area contributed by atoms with E-state index in [1.807, 2.05) is 57.7 Å². The molecule has 2 aromatic heterocycles. The first kappa shape index (κ1) is 35.0. The minimum absolute atomic E-state index is 0.425. The predicted octanol–water partition coefficient (Wildman–Crippen LogP) is 13.8. The Morgan fingerprint density at radius 1 is 0.317 bits per heavy atom. The second-order valence-corrected chi connectivity index (χ2v) is 14.9. The molecule has 0 N–H and O–H groups in total. The topological polar surface area (TPSA) is 57.4 Å². The van der Waals surface area contributed by atoms with E-state index in [1.165, 1.54) is 48.5 Å². The predicted molar refractivity (Wildman–Crippen MR) is 230 cm³/mol. The van der Waals surface area contributed by atoms with Crippen LogP contribution in [0.15, 0.2) is 158 Å². The minimum atomic E-state index is -0.425. The molecule has 0 aliphatic carbocycles. The summed E-state index contributed by atoms with van der Waals surface area (Å²) >= 11 is 0. The van der Waals surface area contributed by atoms with Crippen LogP contribution in [0.3, 0.4) is 0 Å². The lowest BCUT2D eigenvalue weighted by atomic mass is 9.85. The largest absolute Gasteiger partial charge is 0.309 e. The molecule has 8 heteroatoms. The van der Waals surface area contributed by atoms with E-state index in [4.69, 9.17) is 0 Å². The van der Waals surface area contributed by atoms with E-state index in [9.17, 15) is 28.1 Å². The summed E-state index contributed by atoms with van der Waals surface area (Å²) in [6.07, 6.45) is 0. The summed E-state index contributed by atoms with van der Waals surface area (Å²) < 4.78 is 62.9. The molecule has 282 valence electrons. The summed E-state index contributed by atoms with van der Waals surface area (Å²) in [5, 5.41) is 25.3. The molecule has 0 saturated heterocycles. The number of fused-ring (bicyclic) bond motifs is 8. The molecule has 0 saturated carbocycles. The van der Waals surface area contributed by atoms with Gasteiger partial charge < -0.3 is 9.13 Å². The fraction of sp³-hybridized carbons (Fsp3) is 0. The zero-order valence-electron chi connectivity index (χ0n) is 31.3. The Morgan fingerprint density at radius 3 is 0.933 bits per heavy atom. The van der Waals surface area contributed by atoms with Crippen molar-refractivity contribution in [3.63, 3.8) is 0 Å². The number of nitriles is 2. The highest BCUT2D eigenvalue weighted by Crippen LogP contribution is 2.46. The van der Waals surface area contributed by atoms with Crippen molar-refractivity contribution in [3.05, 3.63) is 192 Å². The van der Waals surface area contributed by atoms with E-state index in [1.54, 1.807) is 48.5 Å². The maximum absolute atomic E-state index is 14.7. The average molecular weight is 783 g/mol. The van der Waals surface area contributed by atoms with Crippen molar-refractivity contribution >= 4 is 65.2 Å². The molecule has 60 heavy (non-hydrogen) atoms. The summed E-state index contributed by atoms with van der Waals surface area (Å²) in [6, 6.07) is 49.7. The van der Waals surface area contributed by atoms with E-state index < -0.39 is 23.3 Å². The van der Waals surface area contributed by atoms with Crippen LogP contribution in [0.25, 0.3) is 98.8 Å².